The third-order valence-electron chi connectivity index (χ3n) is 4.22. The first-order valence-electron chi connectivity index (χ1n) is 8.74. The Labute approximate surface area is 169 Å². The van der Waals surface area contributed by atoms with Gasteiger partial charge in [0.05, 0.1) is 35.1 Å². The van der Waals surface area contributed by atoms with Gasteiger partial charge in [-0.3, -0.25) is 4.68 Å². The van der Waals surface area contributed by atoms with Crippen molar-refractivity contribution in [2.24, 2.45) is 0 Å². The summed E-state index contributed by atoms with van der Waals surface area (Å²) in [5.74, 6) is 0.491. The second-order valence-corrected chi connectivity index (χ2v) is 8.74. The van der Waals surface area contributed by atoms with Gasteiger partial charge in [-0.1, -0.05) is 13.0 Å². The molecule has 2 N–H and O–H groups in total. The Bertz CT molecular complexity index is 1120. The van der Waals surface area contributed by atoms with Crippen LogP contribution in [-0.2, 0) is 16.4 Å². The van der Waals surface area contributed by atoms with Gasteiger partial charge in [0.25, 0.3) is 0 Å². The number of methoxy groups -OCH3 is 1. The van der Waals surface area contributed by atoms with Crippen molar-refractivity contribution in [2.45, 2.75) is 24.8 Å². The molecule has 0 unspecified atom stereocenters. The summed E-state index contributed by atoms with van der Waals surface area (Å²) in [6, 6.07) is 10.5. The van der Waals surface area contributed by atoms with Crippen LogP contribution >= 0.6 is 12.2 Å². The summed E-state index contributed by atoms with van der Waals surface area (Å²) in [6.07, 6.45) is 3.95. The molecule has 0 bridgehead atoms. The lowest BCUT2D eigenvalue weighted by atomic mass is 10.2. The molecule has 0 atom stereocenters. The molecule has 0 spiro atoms. The molecule has 0 aliphatic rings. The highest BCUT2D eigenvalue weighted by molar-refractivity contribution is 7.90. The van der Waals surface area contributed by atoms with Crippen molar-refractivity contribution in [3.8, 4) is 5.75 Å². The molecule has 0 aliphatic heterocycles. The maximum atomic E-state index is 11.8. The van der Waals surface area contributed by atoms with Crippen molar-refractivity contribution in [1.82, 2.24) is 9.78 Å². The molecule has 1 heterocycles. The van der Waals surface area contributed by atoms with E-state index in [4.69, 9.17) is 17.0 Å². The van der Waals surface area contributed by atoms with Crippen LogP contribution in [0.4, 0.5) is 11.4 Å². The number of sulfone groups is 1. The minimum absolute atomic E-state index is 0.182. The zero-order valence-corrected chi connectivity index (χ0v) is 17.5. The maximum Gasteiger partial charge on any atom is 0.175 e. The summed E-state index contributed by atoms with van der Waals surface area (Å²) in [6.45, 7) is 2.94. The fourth-order valence-electron chi connectivity index (χ4n) is 2.89. The van der Waals surface area contributed by atoms with Gasteiger partial charge in [0, 0.05) is 18.2 Å². The van der Waals surface area contributed by atoms with E-state index >= 15 is 0 Å². The van der Waals surface area contributed by atoms with E-state index in [9.17, 15) is 8.42 Å². The van der Waals surface area contributed by atoms with Crippen LogP contribution < -0.4 is 15.4 Å². The fourth-order valence-corrected chi connectivity index (χ4v) is 3.76. The van der Waals surface area contributed by atoms with E-state index in [2.05, 4.69) is 22.7 Å². The van der Waals surface area contributed by atoms with Crippen LogP contribution in [0.1, 0.15) is 13.3 Å². The second-order valence-electron chi connectivity index (χ2n) is 6.32. The molecule has 3 aromatic rings. The number of aryl methyl sites for hydroxylation is 1. The fraction of sp³-hybridized carbons (Fsp3) is 0.263. The number of aromatic nitrogens is 2. The number of benzene rings is 2. The summed E-state index contributed by atoms with van der Waals surface area (Å²) in [7, 11) is -1.83. The molecule has 0 amide bonds. The summed E-state index contributed by atoms with van der Waals surface area (Å²) in [5.41, 5.74) is 2.30. The van der Waals surface area contributed by atoms with Crippen LogP contribution in [0.3, 0.4) is 0 Å². The van der Waals surface area contributed by atoms with Crippen LogP contribution in [0.25, 0.3) is 10.9 Å². The average Bonchev–Trinajstić information content (AvgIpc) is 3.05. The van der Waals surface area contributed by atoms with Gasteiger partial charge < -0.3 is 15.4 Å². The first kappa shape index (κ1) is 20.1. The van der Waals surface area contributed by atoms with Crippen LogP contribution in [-0.4, -0.2) is 36.7 Å². The molecular formula is C19H22N4O3S2. The number of thiocarbonyl (C=S) groups is 1. The van der Waals surface area contributed by atoms with Crippen LogP contribution in [0.15, 0.2) is 47.5 Å². The van der Waals surface area contributed by atoms with E-state index in [1.54, 1.807) is 12.3 Å². The predicted octanol–water partition coefficient (Wildman–Crippen LogP) is 3.67. The Morgan fingerprint density at radius 2 is 1.96 bits per heavy atom. The number of fused-ring (bicyclic) bond motifs is 1. The number of rotatable bonds is 6. The zero-order chi connectivity index (χ0) is 20.3. The first-order chi connectivity index (χ1) is 13.3. The predicted molar refractivity (Wildman–Crippen MR) is 116 cm³/mol. The summed E-state index contributed by atoms with van der Waals surface area (Å²) < 4.78 is 30.9. The number of ether oxygens (including phenoxy) is 1. The minimum Gasteiger partial charge on any atom is -0.495 e. The van der Waals surface area contributed by atoms with Gasteiger partial charge in [-0.25, -0.2) is 8.42 Å². The first-order valence-corrected chi connectivity index (χ1v) is 11.0. The summed E-state index contributed by atoms with van der Waals surface area (Å²) in [4.78, 5) is 0.182. The molecule has 0 fully saturated rings. The van der Waals surface area contributed by atoms with E-state index < -0.39 is 9.84 Å². The maximum absolute atomic E-state index is 11.8. The molecule has 0 saturated heterocycles. The Hall–Kier alpha value is -2.65. The van der Waals surface area contributed by atoms with Crippen molar-refractivity contribution in [1.29, 1.82) is 0 Å². The minimum atomic E-state index is -3.35. The molecule has 2 aromatic carbocycles. The van der Waals surface area contributed by atoms with Crippen molar-refractivity contribution in [3.63, 3.8) is 0 Å². The van der Waals surface area contributed by atoms with Gasteiger partial charge in [0.1, 0.15) is 5.75 Å². The molecule has 28 heavy (non-hydrogen) atoms. The number of nitrogens with zero attached hydrogens (tertiary/aromatic N) is 2. The van der Waals surface area contributed by atoms with Crippen LogP contribution in [0.5, 0.6) is 5.75 Å². The highest BCUT2D eigenvalue weighted by Crippen LogP contribution is 2.28. The highest BCUT2D eigenvalue weighted by Gasteiger charge is 2.13. The molecule has 0 aliphatic carbocycles. The van der Waals surface area contributed by atoms with E-state index in [1.165, 1.54) is 19.2 Å². The van der Waals surface area contributed by atoms with E-state index in [-0.39, 0.29) is 4.90 Å². The lowest BCUT2D eigenvalue weighted by molar-refractivity contribution is 0.416. The molecular weight excluding hydrogens is 396 g/mol. The molecule has 1 aromatic heterocycles. The summed E-state index contributed by atoms with van der Waals surface area (Å²) in [5, 5.41) is 11.9. The smallest absolute Gasteiger partial charge is 0.175 e. The molecule has 3 rings (SSSR count). The van der Waals surface area contributed by atoms with Gasteiger partial charge >= 0.3 is 0 Å². The summed E-state index contributed by atoms with van der Waals surface area (Å²) >= 11 is 5.43. The molecule has 7 nitrogen and oxygen atoms in total. The Kier molecular flexibility index (Phi) is 5.85. The van der Waals surface area contributed by atoms with Gasteiger partial charge in [-0.05, 0) is 49.0 Å². The number of hydrogen-bond donors (Lipinski definition) is 2. The largest absolute Gasteiger partial charge is 0.495 e. The standard InChI is InChI=1S/C19H22N4O3S2/c1-4-10-23-17-7-5-6-15(14(17)12-20-23)21-19(27)22-16-11-13(28(3,24)25)8-9-18(16)26-2/h5-9,11-12H,4,10H2,1-3H3,(H2,21,22,27). The number of hydrogen-bond acceptors (Lipinski definition) is 5. The van der Waals surface area contributed by atoms with Crippen LogP contribution in [0, 0.1) is 0 Å². The van der Waals surface area contributed by atoms with Crippen molar-refractivity contribution < 1.29 is 13.2 Å². The Morgan fingerprint density at radius 3 is 2.64 bits per heavy atom. The third kappa shape index (κ3) is 4.26. The molecule has 0 radical (unpaired) electrons. The Morgan fingerprint density at radius 1 is 1.21 bits per heavy atom. The van der Waals surface area contributed by atoms with Gasteiger partial charge in [-0.2, -0.15) is 5.10 Å². The topological polar surface area (TPSA) is 85.3 Å². The van der Waals surface area contributed by atoms with Crippen LogP contribution in [0.2, 0.25) is 0 Å². The Balaban J connectivity index is 1.86. The average molecular weight is 419 g/mol. The second kappa shape index (κ2) is 8.15. The molecule has 148 valence electrons. The van der Waals surface area contributed by atoms with Crippen molar-refractivity contribution in [2.75, 3.05) is 24.0 Å². The lowest BCUT2D eigenvalue weighted by Crippen LogP contribution is -2.20. The lowest BCUT2D eigenvalue weighted by Gasteiger charge is -2.15. The van der Waals surface area contributed by atoms with E-state index in [0.717, 1.165) is 35.8 Å². The van der Waals surface area contributed by atoms with Gasteiger partial charge in [0.15, 0.2) is 14.9 Å². The SMILES string of the molecule is CCCn1ncc2c(NC(=S)Nc3cc(S(C)(=O)=O)ccc3OC)cccc21. The van der Waals surface area contributed by atoms with E-state index in [1.807, 2.05) is 22.9 Å². The molecule has 9 heteroatoms. The number of nitrogens with one attached hydrogen (secondary N) is 2. The van der Waals surface area contributed by atoms with Crippen molar-refractivity contribution in [3.05, 3.63) is 42.6 Å². The normalized spacial score (nSPS) is 11.4. The number of anilines is 2. The zero-order valence-electron chi connectivity index (χ0n) is 15.9. The molecule has 0 saturated carbocycles. The quantitative estimate of drug-likeness (QED) is 0.591. The monoisotopic (exact) mass is 418 g/mol. The van der Waals surface area contributed by atoms with Gasteiger partial charge in [-0.15, -0.1) is 0 Å². The highest BCUT2D eigenvalue weighted by atomic mass is 32.2. The van der Waals surface area contributed by atoms with Crippen molar-refractivity contribution >= 4 is 49.4 Å². The van der Waals surface area contributed by atoms with E-state index in [0.29, 0.717) is 16.5 Å². The van der Waals surface area contributed by atoms with Gasteiger partial charge in [0.2, 0.25) is 0 Å². The third-order valence-corrected chi connectivity index (χ3v) is 5.53.